The summed E-state index contributed by atoms with van der Waals surface area (Å²) in [6.45, 7) is 9.75. The number of hydrogen-bond donors (Lipinski definition) is 1. The molecule has 0 amide bonds. The van der Waals surface area contributed by atoms with Crippen LogP contribution >= 0.6 is 0 Å². The van der Waals surface area contributed by atoms with E-state index in [1.54, 1.807) is 0 Å². The third-order valence-electron chi connectivity index (χ3n) is 2.67. The van der Waals surface area contributed by atoms with Gasteiger partial charge in [0.1, 0.15) is 0 Å². The molecule has 1 aliphatic heterocycles. The summed E-state index contributed by atoms with van der Waals surface area (Å²) in [6.07, 6.45) is 3.07. The molecule has 1 N–H and O–H groups in total. The highest BCUT2D eigenvalue weighted by Gasteiger charge is 2.24. The molecule has 0 unspecified atom stereocenters. The van der Waals surface area contributed by atoms with E-state index in [1.165, 1.54) is 6.26 Å². The first-order valence-corrected chi connectivity index (χ1v) is 7.74. The van der Waals surface area contributed by atoms with Gasteiger partial charge in [0.15, 0.2) is 0 Å². The molecular weight excluding hydrogens is 224 g/mol. The van der Waals surface area contributed by atoms with Crippen molar-refractivity contribution in [2.75, 3.05) is 25.9 Å². The van der Waals surface area contributed by atoms with E-state index >= 15 is 0 Å². The average molecular weight is 248 g/mol. The molecule has 0 aliphatic carbocycles. The Morgan fingerprint density at radius 2 is 1.75 bits per heavy atom. The Hall–Kier alpha value is -0.130. The van der Waals surface area contributed by atoms with Crippen molar-refractivity contribution in [1.29, 1.82) is 0 Å². The standard InChI is InChI=1S/C11H24N2O2S/c1-11(2,3)9-13-7-5-10(6-8-13)12-16(4,14)15/h10,12H,5-9H2,1-4H3. The summed E-state index contributed by atoms with van der Waals surface area (Å²) >= 11 is 0. The number of likely N-dealkylation sites (tertiary alicyclic amines) is 1. The lowest BCUT2D eigenvalue weighted by Gasteiger charge is -2.35. The minimum Gasteiger partial charge on any atom is -0.303 e. The molecule has 0 aromatic carbocycles. The Bertz CT molecular complexity index is 311. The maximum atomic E-state index is 11.1. The van der Waals surface area contributed by atoms with Crippen molar-refractivity contribution < 1.29 is 8.42 Å². The lowest BCUT2D eigenvalue weighted by molar-refractivity contribution is 0.151. The van der Waals surface area contributed by atoms with Crippen LogP contribution in [0.4, 0.5) is 0 Å². The zero-order chi connectivity index (χ0) is 12.4. The molecule has 0 bridgehead atoms. The van der Waals surface area contributed by atoms with Gasteiger partial charge in [-0.15, -0.1) is 0 Å². The number of sulfonamides is 1. The van der Waals surface area contributed by atoms with E-state index in [0.29, 0.717) is 5.41 Å². The first kappa shape index (κ1) is 13.9. The molecule has 0 atom stereocenters. The summed E-state index contributed by atoms with van der Waals surface area (Å²) in [5.41, 5.74) is 0.317. The molecule has 96 valence electrons. The highest BCUT2D eigenvalue weighted by atomic mass is 32.2. The maximum Gasteiger partial charge on any atom is 0.208 e. The van der Waals surface area contributed by atoms with Crippen molar-refractivity contribution in [2.24, 2.45) is 5.41 Å². The normalized spacial score (nSPS) is 21.2. The fraction of sp³-hybridized carbons (Fsp3) is 1.00. The van der Waals surface area contributed by atoms with Crippen LogP contribution in [-0.4, -0.2) is 45.2 Å². The SMILES string of the molecule is CC(C)(C)CN1CCC(NS(C)(=O)=O)CC1. The quantitative estimate of drug-likeness (QED) is 0.812. The van der Waals surface area contributed by atoms with E-state index in [9.17, 15) is 8.42 Å². The summed E-state index contributed by atoms with van der Waals surface area (Å²) < 4.78 is 24.9. The average Bonchev–Trinajstić information content (AvgIpc) is 2.03. The molecule has 1 fully saturated rings. The molecule has 0 saturated carbocycles. The second-order valence-corrected chi connectivity index (χ2v) is 7.78. The predicted octanol–water partition coefficient (Wildman–Crippen LogP) is 1.05. The molecule has 0 spiro atoms. The van der Waals surface area contributed by atoms with Gasteiger partial charge in [-0.2, -0.15) is 0 Å². The molecule has 1 aliphatic rings. The van der Waals surface area contributed by atoms with Gasteiger partial charge in [0.25, 0.3) is 0 Å². The highest BCUT2D eigenvalue weighted by molar-refractivity contribution is 7.88. The summed E-state index contributed by atoms with van der Waals surface area (Å²) in [7, 11) is -3.04. The van der Waals surface area contributed by atoms with Crippen molar-refractivity contribution in [3.8, 4) is 0 Å². The van der Waals surface area contributed by atoms with Crippen LogP contribution in [0.5, 0.6) is 0 Å². The Morgan fingerprint density at radius 3 is 2.12 bits per heavy atom. The number of nitrogens with zero attached hydrogens (tertiary/aromatic N) is 1. The van der Waals surface area contributed by atoms with Crippen LogP contribution in [0, 0.1) is 5.41 Å². The topological polar surface area (TPSA) is 49.4 Å². The largest absolute Gasteiger partial charge is 0.303 e. The van der Waals surface area contributed by atoms with Crippen molar-refractivity contribution in [2.45, 2.75) is 39.7 Å². The second-order valence-electron chi connectivity index (χ2n) is 6.00. The minimum atomic E-state index is -3.04. The summed E-state index contributed by atoms with van der Waals surface area (Å²) in [5.74, 6) is 0. The first-order valence-electron chi connectivity index (χ1n) is 5.85. The van der Waals surface area contributed by atoms with E-state index in [2.05, 4.69) is 30.4 Å². The maximum absolute atomic E-state index is 11.1. The zero-order valence-electron chi connectivity index (χ0n) is 10.8. The minimum absolute atomic E-state index is 0.131. The van der Waals surface area contributed by atoms with E-state index < -0.39 is 10.0 Å². The number of piperidine rings is 1. The Morgan fingerprint density at radius 1 is 1.25 bits per heavy atom. The van der Waals surface area contributed by atoms with E-state index in [4.69, 9.17) is 0 Å². The fourth-order valence-corrected chi connectivity index (χ4v) is 3.02. The smallest absolute Gasteiger partial charge is 0.208 e. The van der Waals surface area contributed by atoms with Crippen LogP contribution < -0.4 is 4.72 Å². The molecule has 1 rings (SSSR count). The third kappa shape index (κ3) is 5.82. The lowest BCUT2D eigenvalue weighted by atomic mass is 9.94. The second kappa shape index (κ2) is 5.02. The third-order valence-corrected chi connectivity index (χ3v) is 3.43. The molecule has 4 nitrogen and oxygen atoms in total. The molecular formula is C11H24N2O2S. The molecule has 5 heteroatoms. The van der Waals surface area contributed by atoms with Gasteiger partial charge < -0.3 is 4.90 Å². The Balaban J connectivity index is 2.34. The van der Waals surface area contributed by atoms with Gasteiger partial charge in [-0.25, -0.2) is 13.1 Å². The Labute approximate surface area is 99.5 Å². The van der Waals surface area contributed by atoms with Crippen LogP contribution in [-0.2, 0) is 10.0 Å². The van der Waals surface area contributed by atoms with Gasteiger partial charge in [0.05, 0.1) is 6.26 Å². The van der Waals surface area contributed by atoms with Crippen molar-refractivity contribution in [3.05, 3.63) is 0 Å². The van der Waals surface area contributed by atoms with Gasteiger partial charge in [0.2, 0.25) is 10.0 Å². The molecule has 1 saturated heterocycles. The van der Waals surface area contributed by atoms with Gasteiger partial charge in [-0.1, -0.05) is 20.8 Å². The van der Waals surface area contributed by atoms with Crippen LogP contribution in [0.3, 0.4) is 0 Å². The molecule has 0 aromatic rings. The Kier molecular flexibility index (Phi) is 4.37. The fourth-order valence-electron chi connectivity index (χ4n) is 2.18. The van der Waals surface area contributed by atoms with Crippen molar-refractivity contribution >= 4 is 10.0 Å². The molecule has 0 aromatic heterocycles. The molecule has 0 radical (unpaired) electrons. The summed E-state index contributed by atoms with van der Waals surface area (Å²) in [4.78, 5) is 2.42. The molecule has 16 heavy (non-hydrogen) atoms. The van der Waals surface area contributed by atoms with Crippen LogP contribution in [0.2, 0.25) is 0 Å². The van der Waals surface area contributed by atoms with E-state index in [-0.39, 0.29) is 6.04 Å². The van der Waals surface area contributed by atoms with Gasteiger partial charge in [0, 0.05) is 12.6 Å². The number of rotatable bonds is 3. The van der Waals surface area contributed by atoms with Gasteiger partial charge >= 0.3 is 0 Å². The van der Waals surface area contributed by atoms with Crippen LogP contribution in [0.15, 0.2) is 0 Å². The lowest BCUT2D eigenvalue weighted by Crippen LogP contribution is -2.46. The van der Waals surface area contributed by atoms with E-state index in [0.717, 1.165) is 32.5 Å². The monoisotopic (exact) mass is 248 g/mol. The predicted molar refractivity (Wildman–Crippen MR) is 66.9 cm³/mol. The van der Waals surface area contributed by atoms with Crippen molar-refractivity contribution in [1.82, 2.24) is 9.62 Å². The number of hydrogen-bond acceptors (Lipinski definition) is 3. The first-order chi connectivity index (χ1) is 7.16. The van der Waals surface area contributed by atoms with Crippen LogP contribution in [0.1, 0.15) is 33.6 Å². The van der Waals surface area contributed by atoms with Gasteiger partial charge in [-0.3, -0.25) is 0 Å². The van der Waals surface area contributed by atoms with Crippen LogP contribution in [0.25, 0.3) is 0 Å². The number of nitrogens with one attached hydrogen (secondary N) is 1. The van der Waals surface area contributed by atoms with E-state index in [1.807, 2.05) is 0 Å². The molecule has 1 heterocycles. The van der Waals surface area contributed by atoms with Crippen molar-refractivity contribution in [3.63, 3.8) is 0 Å². The summed E-state index contributed by atoms with van der Waals surface area (Å²) in [6, 6.07) is 0.131. The van der Waals surface area contributed by atoms with Gasteiger partial charge in [-0.05, 0) is 31.3 Å². The summed E-state index contributed by atoms with van der Waals surface area (Å²) in [5, 5.41) is 0. The zero-order valence-corrected chi connectivity index (χ0v) is 11.6. The highest BCUT2D eigenvalue weighted by Crippen LogP contribution is 2.19.